The first-order chi connectivity index (χ1) is 10.6. The molecule has 0 aliphatic carbocycles. The first kappa shape index (κ1) is 19.1. The van der Waals surface area contributed by atoms with Gasteiger partial charge >= 0.3 is 0 Å². The lowest BCUT2D eigenvalue weighted by Gasteiger charge is -2.09. The number of guanidine groups is 1. The van der Waals surface area contributed by atoms with Crippen molar-refractivity contribution >= 4 is 35.6 Å². The molecule has 0 atom stereocenters. The molecule has 5 nitrogen and oxygen atoms in total. The second-order valence-corrected chi connectivity index (χ2v) is 4.87. The number of halogens is 1. The van der Waals surface area contributed by atoms with Crippen LogP contribution in [0.15, 0.2) is 47.5 Å². The fourth-order valence-electron chi connectivity index (χ4n) is 2.01. The van der Waals surface area contributed by atoms with Gasteiger partial charge in [-0.25, -0.2) is 4.99 Å². The Bertz CT molecular complexity index is 657. The van der Waals surface area contributed by atoms with E-state index in [1.807, 2.05) is 49.4 Å². The van der Waals surface area contributed by atoms with Crippen molar-refractivity contribution in [2.24, 2.45) is 10.7 Å². The lowest BCUT2D eigenvalue weighted by molar-refractivity contribution is 0.409. The van der Waals surface area contributed by atoms with Crippen LogP contribution in [0.2, 0.25) is 0 Å². The molecule has 2 aromatic carbocycles. The Morgan fingerprint density at radius 1 is 1.09 bits per heavy atom. The number of rotatable bonds is 5. The van der Waals surface area contributed by atoms with Gasteiger partial charge in [0, 0.05) is 11.3 Å². The number of anilines is 1. The van der Waals surface area contributed by atoms with Crippen LogP contribution in [0.4, 0.5) is 5.69 Å². The third kappa shape index (κ3) is 5.63. The highest BCUT2D eigenvalue weighted by Crippen LogP contribution is 2.20. The fourth-order valence-corrected chi connectivity index (χ4v) is 2.01. The molecule has 6 heteroatoms. The third-order valence-corrected chi connectivity index (χ3v) is 3.22. The van der Waals surface area contributed by atoms with E-state index in [0.717, 1.165) is 28.3 Å². The van der Waals surface area contributed by atoms with Crippen molar-refractivity contribution in [2.75, 3.05) is 19.5 Å². The summed E-state index contributed by atoms with van der Waals surface area (Å²) in [4.78, 5) is 4.34. The van der Waals surface area contributed by atoms with Gasteiger partial charge in [0.15, 0.2) is 5.96 Å². The Morgan fingerprint density at radius 3 is 2.39 bits per heavy atom. The van der Waals surface area contributed by atoms with Gasteiger partial charge in [-0.15, -0.1) is 24.0 Å². The molecule has 0 saturated heterocycles. The maximum Gasteiger partial charge on any atom is 0.193 e. The number of methoxy groups -OCH3 is 2. The lowest BCUT2D eigenvalue weighted by atomic mass is 10.1. The van der Waals surface area contributed by atoms with E-state index < -0.39 is 0 Å². The number of hydrogen-bond acceptors (Lipinski definition) is 3. The van der Waals surface area contributed by atoms with Crippen molar-refractivity contribution in [2.45, 2.75) is 13.5 Å². The Hall–Kier alpha value is -1.96. The molecule has 0 aliphatic rings. The first-order valence-electron chi connectivity index (χ1n) is 6.97. The standard InChI is InChI=1S/C17H21N3O2.HI/c1-12-4-5-13(16(10-12)22-3)11-19-17(18)20-14-6-8-15(21-2)9-7-14;/h4-10H,11H2,1-3H3,(H3,18,19,20);1H. The third-order valence-electron chi connectivity index (χ3n) is 3.22. The number of nitrogens with one attached hydrogen (secondary N) is 1. The van der Waals surface area contributed by atoms with Crippen LogP contribution in [-0.2, 0) is 6.54 Å². The Labute approximate surface area is 153 Å². The van der Waals surface area contributed by atoms with Gasteiger partial charge in [0.1, 0.15) is 11.5 Å². The molecule has 0 amide bonds. The summed E-state index contributed by atoms with van der Waals surface area (Å²) in [7, 11) is 3.29. The van der Waals surface area contributed by atoms with Gasteiger partial charge in [-0.05, 0) is 42.8 Å². The summed E-state index contributed by atoms with van der Waals surface area (Å²) in [5, 5.41) is 3.04. The summed E-state index contributed by atoms with van der Waals surface area (Å²) >= 11 is 0. The van der Waals surface area contributed by atoms with Crippen molar-refractivity contribution in [1.82, 2.24) is 0 Å². The van der Waals surface area contributed by atoms with E-state index in [1.165, 1.54) is 0 Å². The van der Waals surface area contributed by atoms with E-state index in [0.29, 0.717) is 12.5 Å². The Morgan fingerprint density at radius 2 is 1.78 bits per heavy atom. The van der Waals surface area contributed by atoms with Gasteiger partial charge in [-0.1, -0.05) is 12.1 Å². The number of ether oxygens (including phenoxy) is 2. The smallest absolute Gasteiger partial charge is 0.193 e. The molecule has 23 heavy (non-hydrogen) atoms. The molecule has 0 spiro atoms. The second kappa shape index (κ2) is 9.24. The topological polar surface area (TPSA) is 68.9 Å². The van der Waals surface area contributed by atoms with E-state index in [4.69, 9.17) is 15.2 Å². The molecule has 3 N–H and O–H groups in total. The molecular formula is C17H22IN3O2. The average Bonchev–Trinajstić information content (AvgIpc) is 2.54. The molecule has 2 aromatic rings. The van der Waals surface area contributed by atoms with Gasteiger partial charge in [0.2, 0.25) is 0 Å². The molecule has 124 valence electrons. The highest BCUT2D eigenvalue weighted by Gasteiger charge is 2.03. The van der Waals surface area contributed by atoms with E-state index in [9.17, 15) is 0 Å². The van der Waals surface area contributed by atoms with Crippen LogP contribution in [-0.4, -0.2) is 20.2 Å². The average molecular weight is 427 g/mol. The van der Waals surface area contributed by atoms with Crippen LogP contribution >= 0.6 is 24.0 Å². The minimum absolute atomic E-state index is 0. The van der Waals surface area contributed by atoms with Crippen LogP contribution in [0.3, 0.4) is 0 Å². The predicted molar refractivity (Wildman–Crippen MR) is 105 cm³/mol. The molecule has 0 radical (unpaired) electrons. The van der Waals surface area contributed by atoms with Gasteiger partial charge in [0.25, 0.3) is 0 Å². The highest BCUT2D eigenvalue weighted by atomic mass is 127. The van der Waals surface area contributed by atoms with Crippen molar-refractivity contribution in [3.05, 3.63) is 53.6 Å². The SMILES string of the molecule is COc1ccc(NC(N)=NCc2ccc(C)cc2OC)cc1.I. The summed E-state index contributed by atoms with van der Waals surface area (Å²) < 4.78 is 10.5. The zero-order chi connectivity index (χ0) is 15.9. The Balaban J connectivity index is 0.00000264. The number of aliphatic imine (C=N–C) groups is 1. The summed E-state index contributed by atoms with van der Waals surface area (Å²) in [5.41, 5.74) is 8.91. The molecule has 0 fully saturated rings. The lowest BCUT2D eigenvalue weighted by Crippen LogP contribution is -2.22. The molecule has 0 saturated carbocycles. The second-order valence-electron chi connectivity index (χ2n) is 4.87. The van der Waals surface area contributed by atoms with E-state index >= 15 is 0 Å². The van der Waals surface area contributed by atoms with Crippen LogP contribution in [0.1, 0.15) is 11.1 Å². The quantitative estimate of drug-likeness (QED) is 0.435. The summed E-state index contributed by atoms with van der Waals surface area (Å²) in [6.45, 7) is 2.48. The van der Waals surface area contributed by atoms with Gasteiger partial charge in [-0.2, -0.15) is 0 Å². The van der Waals surface area contributed by atoms with E-state index in [-0.39, 0.29) is 24.0 Å². The van der Waals surface area contributed by atoms with Crippen LogP contribution < -0.4 is 20.5 Å². The van der Waals surface area contributed by atoms with Crippen molar-refractivity contribution in [3.8, 4) is 11.5 Å². The maximum absolute atomic E-state index is 5.91. The maximum atomic E-state index is 5.91. The van der Waals surface area contributed by atoms with Crippen molar-refractivity contribution in [1.29, 1.82) is 0 Å². The van der Waals surface area contributed by atoms with Crippen molar-refractivity contribution < 1.29 is 9.47 Å². The number of nitrogens with zero attached hydrogens (tertiary/aromatic N) is 1. The number of benzene rings is 2. The summed E-state index contributed by atoms with van der Waals surface area (Å²) in [6.07, 6.45) is 0. The zero-order valence-corrected chi connectivity index (χ0v) is 15.8. The van der Waals surface area contributed by atoms with Gasteiger partial charge in [0.05, 0.1) is 20.8 Å². The van der Waals surface area contributed by atoms with Crippen LogP contribution in [0, 0.1) is 6.92 Å². The van der Waals surface area contributed by atoms with Gasteiger partial charge in [-0.3, -0.25) is 0 Å². The summed E-state index contributed by atoms with van der Waals surface area (Å²) in [5.74, 6) is 1.97. The number of hydrogen-bond donors (Lipinski definition) is 2. The Kier molecular flexibility index (Phi) is 7.67. The largest absolute Gasteiger partial charge is 0.497 e. The van der Waals surface area contributed by atoms with Crippen LogP contribution in [0.25, 0.3) is 0 Å². The normalized spacial score (nSPS) is 10.7. The van der Waals surface area contributed by atoms with E-state index in [2.05, 4.69) is 10.3 Å². The zero-order valence-electron chi connectivity index (χ0n) is 13.5. The van der Waals surface area contributed by atoms with Crippen molar-refractivity contribution in [3.63, 3.8) is 0 Å². The molecule has 0 heterocycles. The minimum atomic E-state index is 0. The molecule has 0 unspecified atom stereocenters. The fraction of sp³-hybridized carbons (Fsp3) is 0.235. The number of nitrogens with two attached hydrogens (primary N) is 1. The summed E-state index contributed by atoms with van der Waals surface area (Å²) in [6, 6.07) is 13.5. The molecule has 0 bridgehead atoms. The molecular weight excluding hydrogens is 405 g/mol. The van der Waals surface area contributed by atoms with E-state index in [1.54, 1.807) is 14.2 Å². The molecule has 0 aliphatic heterocycles. The number of aryl methyl sites for hydroxylation is 1. The molecule has 0 aromatic heterocycles. The van der Waals surface area contributed by atoms with Crippen LogP contribution in [0.5, 0.6) is 11.5 Å². The predicted octanol–water partition coefficient (Wildman–Crippen LogP) is 3.56. The molecule has 2 rings (SSSR count). The minimum Gasteiger partial charge on any atom is -0.497 e. The monoisotopic (exact) mass is 427 g/mol. The van der Waals surface area contributed by atoms with Gasteiger partial charge < -0.3 is 20.5 Å². The first-order valence-corrected chi connectivity index (χ1v) is 6.97. The highest BCUT2D eigenvalue weighted by molar-refractivity contribution is 14.0.